The molecule has 0 saturated heterocycles. The Kier molecular flexibility index (Phi) is 10.1. The summed E-state index contributed by atoms with van der Waals surface area (Å²) < 4.78 is 238. The molecule has 0 unspecified atom stereocenters. The normalized spacial score (nSPS) is 16.1. The van der Waals surface area contributed by atoms with Crippen LogP contribution in [-0.2, 0) is 13.3 Å². The molecule has 24 heteroatoms. The Labute approximate surface area is 197 Å². The van der Waals surface area contributed by atoms with Crippen molar-refractivity contribution in [1.29, 1.82) is 0 Å². The Morgan fingerprint density at radius 2 is 0.629 bits per heavy atom. The zero-order valence-electron chi connectivity index (χ0n) is 15.4. The predicted octanol–water partition coefficient (Wildman–Crippen LogP) is 7.11. The molecule has 3 nitrogen and oxygen atoms in total. The molecule has 0 aromatic heterocycles. The van der Waals surface area contributed by atoms with Gasteiger partial charge < -0.3 is 13.3 Å². The molecular formula is C11H6Cl3F17O3Si. The van der Waals surface area contributed by atoms with Crippen molar-refractivity contribution < 1.29 is 87.9 Å². The van der Waals surface area contributed by atoms with Crippen molar-refractivity contribution in [3.8, 4) is 0 Å². The first kappa shape index (κ1) is 34.8. The maximum absolute atomic E-state index is 14.4. The minimum Gasteiger partial charge on any atom is -0.356 e. The lowest BCUT2D eigenvalue weighted by Crippen LogP contribution is -2.78. The lowest BCUT2D eigenvalue weighted by Gasteiger charge is -2.44. The van der Waals surface area contributed by atoms with Crippen LogP contribution in [0.15, 0.2) is 0 Å². The second kappa shape index (κ2) is 10.2. The van der Waals surface area contributed by atoms with Crippen molar-refractivity contribution in [3.63, 3.8) is 0 Å². The molecule has 35 heavy (non-hydrogen) atoms. The van der Waals surface area contributed by atoms with Crippen molar-refractivity contribution in [2.24, 2.45) is 0 Å². The van der Waals surface area contributed by atoms with Gasteiger partial charge in [-0.05, 0) is 0 Å². The molecule has 0 radical (unpaired) electrons. The summed E-state index contributed by atoms with van der Waals surface area (Å²) >= 11 is 14.4. The van der Waals surface area contributed by atoms with E-state index in [0.29, 0.717) is 0 Å². The van der Waals surface area contributed by atoms with Crippen molar-refractivity contribution in [1.82, 2.24) is 0 Å². The van der Waals surface area contributed by atoms with Crippen molar-refractivity contribution in [2.75, 3.05) is 18.2 Å². The van der Waals surface area contributed by atoms with Crippen LogP contribution in [-0.4, -0.2) is 74.3 Å². The highest BCUT2D eigenvalue weighted by Gasteiger charge is 2.97. The summed E-state index contributed by atoms with van der Waals surface area (Å²) in [5, 5.41) is 0. The van der Waals surface area contributed by atoms with Gasteiger partial charge in [-0.2, -0.15) is 74.6 Å². The summed E-state index contributed by atoms with van der Waals surface area (Å²) in [5.41, 5.74) is -7.12. The minimum atomic E-state index is -8.78. The molecule has 0 aromatic carbocycles. The van der Waals surface area contributed by atoms with Crippen LogP contribution in [0.1, 0.15) is 0 Å². The fraction of sp³-hybridized carbons (Fsp3) is 1.00. The first-order valence-electron chi connectivity index (χ1n) is 7.49. The third kappa shape index (κ3) is 4.86. The standard InChI is InChI=1S/C11H6Cl3F17O3Si/c12-1-32-35(33-2-13,34-3-14)11(30,31)9(25,26)7(21,22)5(17,18)4(15,16)6(19,20)8(23,24)10(27,28)29/h1-3H2. The smallest absolute Gasteiger partial charge is 0.356 e. The molecule has 0 atom stereocenters. The van der Waals surface area contributed by atoms with Crippen LogP contribution in [0.5, 0.6) is 0 Å². The molecule has 0 N–H and O–H groups in total. The van der Waals surface area contributed by atoms with Crippen molar-refractivity contribution >= 4 is 43.6 Å². The summed E-state index contributed by atoms with van der Waals surface area (Å²) in [5.74, 6) is -51.1. The molecule has 0 rings (SSSR count). The summed E-state index contributed by atoms with van der Waals surface area (Å²) in [6.07, 6.45) is -7.85. The molecule has 212 valence electrons. The largest absolute Gasteiger partial charge is 0.585 e. The molecule has 0 spiro atoms. The van der Waals surface area contributed by atoms with E-state index >= 15 is 0 Å². The van der Waals surface area contributed by atoms with Crippen LogP contribution in [0.2, 0.25) is 0 Å². The molecule has 0 heterocycles. The zero-order valence-corrected chi connectivity index (χ0v) is 18.7. The predicted molar refractivity (Wildman–Crippen MR) is 81.9 cm³/mol. The summed E-state index contributed by atoms with van der Waals surface area (Å²) in [4.78, 5) is 0. The second-order valence-electron chi connectivity index (χ2n) is 5.84. The maximum Gasteiger partial charge on any atom is 0.585 e. The number of hydrogen-bond acceptors (Lipinski definition) is 3. The van der Waals surface area contributed by atoms with E-state index in [1.54, 1.807) is 0 Å². The highest BCUT2D eigenvalue weighted by atomic mass is 35.5. The van der Waals surface area contributed by atoms with Gasteiger partial charge >= 0.3 is 56.1 Å². The van der Waals surface area contributed by atoms with Gasteiger partial charge in [0.05, 0.1) is 0 Å². The van der Waals surface area contributed by atoms with E-state index in [2.05, 4.69) is 13.3 Å². The van der Waals surface area contributed by atoms with E-state index in [9.17, 15) is 74.6 Å². The second-order valence-corrected chi connectivity index (χ2v) is 9.10. The topological polar surface area (TPSA) is 27.7 Å². The van der Waals surface area contributed by atoms with Gasteiger partial charge in [-0.1, -0.05) is 34.8 Å². The SMILES string of the molecule is FC(F)(F)C(F)(F)C(F)(F)C(F)(F)C(F)(F)C(F)(F)C(F)(F)C(F)(F)[Si](OCCl)(OCCl)OCCl. The highest BCUT2D eigenvalue weighted by Crippen LogP contribution is 2.64. The van der Waals surface area contributed by atoms with Crippen LogP contribution in [0.4, 0.5) is 74.6 Å². The number of hydrogen-bond donors (Lipinski definition) is 0. The highest BCUT2D eigenvalue weighted by molar-refractivity contribution is 6.65. The van der Waals surface area contributed by atoms with Gasteiger partial charge in [-0.3, -0.25) is 0 Å². The molecule has 0 fully saturated rings. The quantitative estimate of drug-likeness (QED) is 0.122. The van der Waals surface area contributed by atoms with E-state index in [0.717, 1.165) is 0 Å². The monoisotopic (exact) mass is 642 g/mol. The van der Waals surface area contributed by atoms with Crippen molar-refractivity contribution in [3.05, 3.63) is 0 Å². The van der Waals surface area contributed by atoms with Crippen LogP contribution >= 0.6 is 34.8 Å². The molecular weight excluding hydrogens is 638 g/mol. The Bertz CT molecular complexity index is 687. The molecule has 0 aromatic rings. The number of alkyl halides is 20. The third-order valence-electron chi connectivity index (χ3n) is 3.84. The van der Waals surface area contributed by atoms with E-state index < -0.39 is 74.3 Å². The molecule has 0 saturated carbocycles. The Morgan fingerprint density at radius 3 is 0.857 bits per heavy atom. The van der Waals surface area contributed by atoms with Crippen LogP contribution in [0, 0.1) is 0 Å². The lowest BCUT2D eigenvalue weighted by atomic mass is 9.91. The fourth-order valence-corrected chi connectivity index (χ4v) is 5.03. The lowest BCUT2D eigenvalue weighted by molar-refractivity contribution is -0.459. The number of rotatable bonds is 13. The first-order chi connectivity index (χ1) is 15.2. The minimum absolute atomic E-state index is 1.79. The van der Waals surface area contributed by atoms with Crippen LogP contribution in [0.25, 0.3) is 0 Å². The Morgan fingerprint density at radius 1 is 0.400 bits per heavy atom. The van der Waals surface area contributed by atoms with Gasteiger partial charge in [0.2, 0.25) is 0 Å². The third-order valence-corrected chi connectivity index (χ3v) is 7.37. The summed E-state index contributed by atoms with van der Waals surface area (Å²) in [7, 11) is -7.07. The maximum atomic E-state index is 14.4. The van der Waals surface area contributed by atoms with Crippen LogP contribution in [0.3, 0.4) is 0 Å². The summed E-state index contributed by atoms with van der Waals surface area (Å²) in [6.45, 7) is 0. The van der Waals surface area contributed by atoms with Gasteiger partial charge in [0.1, 0.15) is 18.2 Å². The van der Waals surface area contributed by atoms with E-state index in [1.165, 1.54) is 0 Å². The van der Waals surface area contributed by atoms with Gasteiger partial charge in [0, 0.05) is 0 Å². The zero-order chi connectivity index (χ0) is 28.7. The molecule has 0 aliphatic carbocycles. The fourth-order valence-electron chi connectivity index (χ4n) is 1.97. The molecule has 0 amide bonds. The Hall–Kier alpha value is -0.223. The molecule has 0 aliphatic rings. The van der Waals surface area contributed by atoms with Gasteiger partial charge in [-0.25, -0.2) is 0 Å². The molecule has 0 bridgehead atoms. The van der Waals surface area contributed by atoms with E-state index in [1.807, 2.05) is 0 Å². The summed E-state index contributed by atoms with van der Waals surface area (Å²) in [6, 6.07) is -5.38. The first-order valence-corrected chi connectivity index (χ1v) is 10.8. The van der Waals surface area contributed by atoms with Gasteiger partial charge in [0.25, 0.3) is 0 Å². The van der Waals surface area contributed by atoms with E-state index in [-0.39, 0.29) is 0 Å². The average Bonchev–Trinajstić information content (AvgIpc) is 2.66. The van der Waals surface area contributed by atoms with Gasteiger partial charge in [0.15, 0.2) is 0 Å². The number of halogens is 20. The van der Waals surface area contributed by atoms with Gasteiger partial charge in [-0.15, -0.1) is 0 Å². The van der Waals surface area contributed by atoms with E-state index in [4.69, 9.17) is 34.8 Å². The van der Waals surface area contributed by atoms with Crippen molar-refractivity contribution in [2.45, 2.75) is 47.3 Å². The Balaban J connectivity index is 7.10. The average molecular weight is 644 g/mol. The van der Waals surface area contributed by atoms with Crippen LogP contribution < -0.4 is 0 Å². The molecule has 0 aliphatic heterocycles.